The third-order valence-electron chi connectivity index (χ3n) is 4.92. The molecule has 0 bridgehead atoms. The van der Waals surface area contributed by atoms with Gasteiger partial charge in [0.05, 0.1) is 5.75 Å². The van der Waals surface area contributed by atoms with E-state index in [4.69, 9.17) is 11.6 Å². The Balaban J connectivity index is 1.35. The van der Waals surface area contributed by atoms with E-state index in [0.717, 1.165) is 11.3 Å². The fourth-order valence-corrected chi connectivity index (χ4v) is 4.33. The van der Waals surface area contributed by atoms with Gasteiger partial charge in [-0.1, -0.05) is 78.0 Å². The van der Waals surface area contributed by atoms with E-state index in [1.165, 1.54) is 16.6 Å². The van der Waals surface area contributed by atoms with Gasteiger partial charge in [0, 0.05) is 22.0 Å². The Bertz CT molecular complexity index is 1440. The van der Waals surface area contributed by atoms with Gasteiger partial charge >= 0.3 is 0 Å². The summed E-state index contributed by atoms with van der Waals surface area (Å²) in [4.78, 5) is 14.0. The van der Waals surface area contributed by atoms with Gasteiger partial charge in [-0.05, 0) is 35.5 Å². The number of amides is 1. The fraction of sp³-hybridized carbons (Fsp3) is 0.0833. The number of nitrogens with one attached hydrogen (secondary N) is 1. The zero-order chi connectivity index (χ0) is 24.0. The zero-order valence-electron chi connectivity index (χ0n) is 18.3. The Hall–Kier alpha value is -4.02. The van der Waals surface area contributed by atoms with E-state index in [0.29, 0.717) is 27.5 Å². The van der Waals surface area contributed by atoms with Crippen LogP contribution in [0.4, 0.5) is 5.69 Å². The standard InChI is InChI=1S/C24H19ClN8OS/c25-18-10-7-11-19(14-18)26-22(34)16-35-24-29-27-21(33(24)20-12-5-2-6-13-20)15-32-30-23(28-31-32)17-8-3-1-4-9-17/h1-14H,15-16H2,(H,26,34). The third-order valence-corrected chi connectivity index (χ3v) is 6.09. The number of halogens is 1. The fourth-order valence-electron chi connectivity index (χ4n) is 3.37. The summed E-state index contributed by atoms with van der Waals surface area (Å²) in [6.07, 6.45) is 0. The van der Waals surface area contributed by atoms with Crippen LogP contribution in [0.1, 0.15) is 5.82 Å². The molecule has 11 heteroatoms. The van der Waals surface area contributed by atoms with Crippen LogP contribution in [0.3, 0.4) is 0 Å². The van der Waals surface area contributed by atoms with Gasteiger partial charge in [-0.25, -0.2) is 0 Å². The van der Waals surface area contributed by atoms with Gasteiger partial charge in [0.15, 0.2) is 11.0 Å². The maximum absolute atomic E-state index is 12.5. The highest BCUT2D eigenvalue weighted by molar-refractivity contribution is 7.99. The lowest BCUT2D eigenvalue weighted by atomic mass is 10.2. The van der Waals surface area contributed by atoms with E-state index < -0.39 is 0 Å². The number of carbonyl (C=O) groups excluding carboxylic acids is 1. The van der Waals surface area contributed by atoms with Crippen molar-refractivity contribution in [1.82, 2.24) is 35.0 Å². The summed E-state index contributed by atoms with van der Waals surface area (Å²) in [7, 11) is 0. The second-order valence-electron chi connectivity index (χ2n) is 7.43. The Kier molecular flexibility index (Phi) is 6.82. The molecule has 0 atom stereocenters. The SMILES string of the molecule is O=C(CSc1nnc(Cn2nnc(-c3ccccc3)n2)n1-c1ccccc1)Nc1cccc(Cl)c1. The summed E-state index contributed by atoms with van der Waals surface area (Å²) in [6, 6.07) is 26.4. The molecule has 9 nitrogen and oxygen atoms in total. The first-order chi connectivity index (χ1) is 17.2. The number of para-hydroxylation sites is 1. The van der Waals surface area contributed by atoms with Crippen LogP contribution in [0.5, 0.6) is 0 Å². The summed E-state index contributed by atoms with van der Waals surface area (Å²) in [5.41, 5.74) is 2.39. The van der Waals surface area contributed by atoms with Crippen LogP contribution in [0.15, 0.2) is 90.1 Å². The second-order valence-corrected chi connectivity index (χ2v) is 8.81. The van der Waals surface area contributed by atoms with Crippen LogP contribution in [-0.4, -0.2) is 46.6 Å². The number of carbonyl (C=O) groups is 1. The van der Waals surface area contributed by atoms with Crippen molar-refractivity contribution in [1.29, 1.82) is 0 Å². The molecule has 0 saturated heterocycles. The molecule has 1 N–H and O–H groups in total. The zero-order valence-corrected chi connectivity index (χ0v) is 19.9. The molecular formula is C24H19ClN8OS. The molecule has 5 rings (SSSR count). The maximum atomic E-state index is 12.5. The van der Waals surface area contributed by atoms with Crippen molar-refractivity contribution in [2.24, 2.45) is 0 Å². The first-order valence-corrected chi connectivity index (χ1v) is 12.0. The molecule has 0 unspecified atom stereocenters. The smallest absolute Gasteiger partial charge is 0.234 e. The lowest BCUT2D eigenvalue weighted by molar-refractivity contribution is -0.113. The van der Waals surface area contributed by atoms with Crippen molar-refractivity contribution < 1.29 is 4.79 Å². The molecule has 174 valence electrons. The molecule has 0 spiro atoms. The maximum Gasteiger partial charge on any atom is 0.234 e. The van der Waals surface area contributed by atoms with Crippen LogP contribution in [0, 0.1) is 0 Å². The Morgan fingerprint density at radius 1 is 0.914 bits per heavy atom. The van der Waals surface area contributed by atoms with Gasteiger partial charge < -0.3 is 5.32 Å². The normalized spacial score (nSPS) is 10.9. The number of tetrazole rings is 1. The Labute approximate surface area is 210 Å². The van der Waals surface area contributed by atoms with Crippen LogP contribution in [0.25, 0.3) is 17.1 Å². The highest BCUT2D eigenvalue weighted by Gasteiger charge is 2.18. The van der Waals surface area contributed by atoms with Crippen molar-refractivity contribution in [2.75, 3.05) is 11.1 Å². The number of hydrogen-bond acceptors (Lipinski definition) is 7. The number of nitrogens with zero attached hydrogens (tertiary/aromatic N) is 7. The molecule has 0 aliphatic rings. The first-order valence-electron chi connectivity index (χ1n) is 10.7. The molecule has 0 fully saturated rings. The van der Waals surface area contributed by atoms with Gasteiger partial charge in [-0.15, -0.1) is 20.4 Å². The predicted molar refractivity (Wildman–Crippen MR) is 135 cm³/mol. The van der Waals surface area contributed by atoms with Crippen LogP contribution in [-0.2, 0) is 11.3 Å². The van der Waals surface area contributed by atoms with Crippen molar-refractivity contribution in [3.63, 3.8) is 0 Å². The number of aromatic nitrogens is 7. The van der Waals surface area contributed by atoms with E-state index in [9.17, 15) is 4.79 Å². The quantitative estimate of drug-likeness (QED) is 0.314. The van der Waals surface area contributed by atoms with E-state index in [1.807, 2.05) is 65.2 Å². The number of anilines is 1. The summed E-state index contributed by atoms with van der Waals surface area (Å²) < 4.78 is 1.89. The summed E-state index contributed by atoms with van der Waals surface area (Å²) in [6.45, 7) is 0.261. The molecule has 0 aliphatic heterocycles. The average Bonchev–Trinajstić information content (AvgIpc) is 3.51. The Morgan fingerprint density at radius 2 is 1.69 bits per heavy atom. The van der Waals surface area contributed by atoms with Gasteiger partial charge in [0.2, 0.25) is 11.7 Å². The van der Waals surface area contributed by atoms with Gasteiger partial charge in [-0.3, -0.25) is 9.36 Å². The first kappa shape index (κ1) is 22.8. The van der Waals surface area contributed by atoms with Gasteiger partial charge in [-0.2, -0.15) is 4.80 Å². The monoisotopic (exact) mass is 502 g/mol. The van der Waals surface area contributed by atoms with Gasteiger partial charge in [0.25, 0.3) is 0 Å². The molecule has 0 aliphatic carbocycles. The minimum Gasteiger partial charge on any atom is -0.325 e. The van der Waals surface area contributed by atoms with Crippen molar-refractivity contribution >= 4 is 35.0 Å². The van der Waals surface area contributed by atoms with E-state index in [-0.39, 0.29) is 18.2 Å². The van der Waals surface area contributed by atoms with Crippen LogP contribution >= 0.6 is 23.4 Å². The van der Waals surface area contributed by atoms with Crippen LogP contribution in [0.2, 0.25) is 5.02 Å². The number of rotatable bonds is 8. The minimum atomic E-state index is -0.174. The van der Waals surface area contributed by atoms with Crippen molar-refractivity contribution in [3.05, 3.63) is 95.8 Å². The van der Waals surface area contributed by atoms with Crippen molar-refractivity contribution in [3.8, 4) is 17.1 Å². The average molecular weight is 503 g/mol. The topological polar surface area (TPSA) is 103 Å². The molecule has 0 saturated carbocycles. The van der Waals surface area contributed by atoms with Crippen LogP contribution < -0.4 is 5.32 Å². The second kappa shape index (κ2) is 10.5. The molecule has 1 amide bonds. The molecule has 35 heavy (non-hydrogen) atoms. The van der Waals surface area contributed by atoms with E-state index in [2.05, 4.69) is 30.9 Å². The molecule has 3 aromatic carbocycles. The molecule has 2 aromatic heterocycles. The molecule has 2 heterocycles. The van der Waals surface area contributed by atoms with Crippen molar-refractivity contribution in [2.45, 2.75) is 11.7 Å². The number of hydrogen-bond donors (Lipinski definition) is 1. The largest absolute Gasteiger partial charge is 0.325 e. The summed E-state index contributed by atoms with van der Waals surface area (Å²) >= 11 is 7.29. The predicted octanol–water partition coefficient (Wildman–Crippen LogP) is 4.35. The lowest BCUT2D eigenvalue weighted by Crippen LogP contribution is -2.15. The molecule has 0 radical (unpaired) electrons. The lowest BCUT2D eigenvalue weighted by Gasteiger charge is -2.10. The third kappa shape index (κ3) is 5.56. The molecule has 5 aromatic rings. The van der Waals surface area contributed by atoms with Gasteiger partial charge in [0.1, 0.15) is 6.54 Å². The summed E-state index contributed by atoms with van der Waals surface area (Å²) in [5, 5.41) is 25.5. The minimum absolute atomic E-state index is 0.150. The highest BCUT2D eigenvalue weighted by Crippen LogP contribution is 2.23. The van der Waals surface area contributed by atoms with E-state index in [1.54, 1.807) is 24.3 Å². The molecular weight excluding hydrogens is 484 g/mol. The summed E-state index contributed by atoms with van der Waals surface area (Å²) in [5.74, 6) is 1.12. The Morgan fingerprint density at radius 3 is 2.46 bits per heavy atom. The highest BCUT2D eigenvalue weighted by atomic mass is 35.5. The van der Waals surface area contributed by atoms with E-state index >= 15 is 0 Å². The number of benzene rings is 3. The number of thioether (sulfide) groups is 1.